The molecule has 1 saturated heterocycles. The number of pyridine rings is 1. The zero-order chi connectivity index (χ0) is 19.1. The number of nitrogens with one attached hydrogen (secondary N) is 1. The van der Waals surface area contributed by atoms with Gasteiger partial charge in [-0.15, -0.1) is 0 Å². The number of aromatic nitrogens is 3. The second kappa shape index (κ2) is 9.11. The van der Waals surface area contributed by atoms with E-state index in [1.54, 1.807) is 24.2 Å². The zero-order valence-corrected chi connectivity index (χ0v) is 15.3. The van der Waals surface area contributed by atoms with Crippen LogP contribution in [0.2, 0.25) is 0 Å². The summed E-state index contributed by atoms with van der Waals surface area (Å²) in [5.41, 5.74) is 0.831. The highest BCUT2D eigenvalue weighted by Crippen LogP contribution is 2.22. The molecule has 144 valence electrons. The molecule has 0 radical (unpaired) electrons. The van der Waals surface area contributed by atoms with Crippen LogP contribution in [-0.2, 0) is 16.0 Å². The summed E-state index contributed by atoms with van der Waals surface area (Å²) in [5.74, 6) is 1.08. The fraction of sp³-hybridized carbons (Fsp3) is 0.500. The average Bonchev–Trinajstić information content (AvgIpc) is 3.33. The largest absolute Gasteiger partial charge is 0.466 e. The second-order valence-corrected chi connectivity index (χ2v) is 6.34. The summed E-state index contributed by atoms with van der Waals surface area (Å²) in [6.45, 7) is 3.68. The van der Waals surface area contributed by atoms with Gasteiger partial charge in [-0.3, -0.25) is 9.78 Å². The van der Waals surface area contributed by atoms with Crippen molar-refractivity contribution in [2.24, 2.45) is 5.92 Å². The Morgan fingerprint density at radius 3 is 2.96 bits per heavy atom. The van der Waals surface area contributed by atoms with Gasteiger partial charge >= 0.3 is 12.0 Å². The Hall–Kier alpha value is -2.97. The number of likely N-dealkylation sites (tertiary alicyclic amines) is 1. The van der Waals surface area contributed by atoms with Crippen molar-refractivity contribution >= 4 is 12.0 Å². The molecule has 1 unspecified atom stereocenters. The molecule has 1 aliphatic heterocycles. The standard InChI is InChI=1S/C18H23N5O4/c1-2-26-16(24)5-9-20-18(25)23-10-6-13(12-23)11-15-21-17(27-22-15)14-3-7-19-8-4-14/h3-4,7-8,13H,2,5-6,9-12H2,1H3,(H,20,25). The molecule has 9 heteroatoms. The Labute approximate surface area is 157 Å². The van der Waals surface area contributed by atoms with Crippen LogP contribution in [0.5, 0.6) is 0 Å². The highest BCUT2D eigenvalue weighted by atomic mass is 16.5. The molecule has 27 heavy (non-hydrogen) atoms. The van der Waals surface area contributed by atoms with E-state index >= 15 is 0 Å². The molecular formula is C18H23N5O4. The highest BCUT2D eigenvalue weighted by Gasteiger charge is 2.27. The van der Waals surface area contributed by atoms with Crippen molar-refractivity contribution < 1.29 is 18.8 Å². The molecule has 2 amide bonds. The summed E-state index contributed by atoms with van der Waals surface area (Å²) in [6.07, 6.45) is 5.06. The van der Waals surface area contributed by atoms with E-state index in [9.17, 15) is 9.59 Å². The maximum Gasteiger partial charge on any atom is 0.317 e. The van der Waals surface area contributed by atoms with Crippen LogP contribution in [0.4, 0.5) is 4.79 Å². The zero-order valence-electron chi connectivity index (χ0n) is 15.3. The number of esters is 1. The van der Waals surface area contributed by atoms with E-state index in [1.165, 1.54) is 0 Å². The number of rotatable bonds is 7. The summed E-state index contributed by atoms with van der Waals surface area (Å²) in [7, 11) is 0. The van der Waals surface area contributed by atoms with Crippen molar-refractivity contribution in [3.63, 3.8) is 0 Å². The second-order valence-electron chi connectivity index (χ2n) is 6.34. The van der Waals surface area contributed by atoms with Gasteiger partial charge in [0.05, 0.1) is 13.0 Å². The molecule has 2 aromatic rings. The Balaban J connectivity index is 1.44. The Morgan fingerprint density at radius 1 is 1.37 bits per heavy atom. The number of ether oxygens (including phenoxy) is 1. The monoisotopic (exact) mass is 373 g/mol. The fourth-order valence-corrected chi connectivity index (χ4v) is 3.01. The molecule has 3 rings (SSSR count). The van der Waals surface area contributed by atoms with Crippen LogP contribution in [-0.4, -0.2) is 58.3 Å². The first-order valence-electron chi connectivity index (χ1n) is 9.07. The molecule has 1 N–H and O–H groups in total. The molecular weight excluding hydrogens is 350 g/mol. The number of carbonyl (C=O) groups is 2. The van der Waals surface area contributed by atoms with Crippen LogP contribution >= 0.6 is 0 Å². The Kier molecular flexibility index (Phi) is 6.35. The van der Waals surface area contributed by atoms with Gasteiger partial charge in [0.15, 0.2) is 5.82 Å². The normalized spacial score (nSPS) is 16.3. The van der Waals surface area contributed by atoms with Gasteiger partial charge in [0.2, 0.25) is 0 Å². The predicted molar refractivity (Wildman–Crippen MR) is 95.6 cm³/mol. The first kappa shape index (κ1) is 18.8. The van der Waals surface area contributed by atoms with Crippen LogP contribution < -0.4 is 5.32 Å². The van der Waals surface area contributed by atoms with Crippen molar-refractivity contribution in [2.45, 2.75) is 26.2 Å². The van der Waals surface area contributed by atoms with Crippen molar-refractivity contribution in [3.05, 3.63) is 30.4 Å². The van der Waals surface area contributed by atoms with Gasteiger partial charge in [0.1, 0.15) is 0 Å². The summed E-state index contributed by atoms with van der Waals surface area (Å²) in [6, 6.07) is 3.47. The minimum Gasteiger partial charge on any atom is -0.466 e. The van der Waals surface area contributed by atoms with E-state index in [0.29, 0.717) is 37.8 Å². The summed E-state index contributed by atoms with van der Waals surface area (Å²) >= 11 is 0. The van der Waals surface area contributed by atoms with Crippen molar-refractivity contribution in [1.29, 1.82) is 0 Å². The van der Waals surface area contributed by atoms with Crippen LogP contribution in [0.3, 0.4) is 0 Å². The van der Waals surface area contributed by atoms with Gasteiger partial charge in [0, 0.05) is 44.0 Å². The number of urea groups is 1. The first-order chi connectivity index (χ1) is 13.2. The molecule has 0 bridgehead atoms. The third-order valence-corrected chi connectivity index (χ3v) is 4.35. The van der Waals surface area contributed by atoms with Crippen molar-refractivity contribution in [2.75, 3.05) is 26.2 Å². The third-order valence-electron chi connectivity index (χ3n) is 4.35. The van der Waals surface area contributed by atoms with Gasteiger partial charge in [-0.05, 0) is 31.4 Å². The van der Waals surface area contributed by atoms with Crippen molar-refractivity contribution in [1.82, 2.24) is 25.3 Å². The van der Waals surface area contributed by atoms with E-state index in [4.69, 9.17) is 9.26 Å². The lowest BCUT2D eigenvalue weighted by Crippen LogP contribution is -2.39. The summed E-state index contributed by atoms with van der Waals surface area (Å²) in [4.78, 5) is 33.6. The molecule has 9 nitrogen and oxygen atoms in total. The van der Waals surface area contributed by atoms with Crippen molar-refractivity contribution in [3.8, 4) is 11.5 Å². The maximum absolute atomic E-state index is 12.2. The molecule has 0 aromatic carbocycles. The topological polar surface area (TPSA) is 110 Å². The molecule has 1 fully saturated rings. The molecule has 0 spiro atoms. The van der Waals surface area contributed by atoms with E-state index in [2.05, 4.69) is 20.4 Å². The number of amides is 2. The SMILES string of the molecule is CCOC(=O)CCNC(=O)N1CCC(Cc2noc(-c3ccncc3)n2)C1. The van der Waals surface area contributed by atoms with Gasteiger partial charge in [0.25, 0.3) is 5.89 Å². The maximum atomic E-state index is 12.2. The fourth-order valence-electron chi connectivity index (χ4n) is 3.01. The van der Waals surface area contributed by atoms with Gasteiger partial charge in [-0.1, -0.05) is 5.16 Å². The lowest BCUT2D eigenvalue weighted by molar-refractivity contribution is -0.142. The summed E-state index contributed by atoms with van der Waals surface area (Å²) in [5, 5.41) is 6.79. The Morgan fingerprint density at radius 2 is 2.19 bits per heavy atom. The van der Waals surface area contributed by atoms with E-state index < -0.39 is 0 Å². The van der Waals surface area contributed by atoms with Gasteiger partial charge in [-0.2, -0.15) is 4.98 Å². The minimum absolute atomic E-state index is 0.160. The molecule has 3 heterocycles. The van der Waals surface area contributed by atoms with Crippen LogP contribution in [0.1, 0.15) is 25.6 Å². The minimum atomic E-state index is -0.306. The number of hydrogen-bond acceptors (Lipinski definition) is 7. The van der Waals surface area contributed by atoms with E-state index in [1.807, 2.05) is 12.1 Å². The van der Waals surface area contributed by atoms with Crippen LogP contribution in [0.15, 0.2) is 29.0 Å². The van der Waals surface area contributed by atoms with E-state index in [-0.39, 0.29) is 30.9 Å². The van der Waals surface area contributed by atoms with E-state index in [0.717, 1.165) is 12.0 Å². The molecule has 1 atom stereocenters. The number of carbonyl (C=O) groups excluding carboxylic acids is 2. The summed E-state index contributed by atoms with van der Waals surface area (Å²) < 4.78 is 10.1. The first-order valence-corrected chi connectivity index (χ1v) is 9.07. The average molecular weight is 373 g/mol. The van der Waals surface area contributed by atoms with Gasteiger partial charge in [-0.25, -0.2) is 4.79 Å². The molecule has 1 aliphatic rings. The van der Waals surface area contributed by atoms with Crippen LogP contribution in [0, 0.1) is 5.92 Å². The van der Waals surface area contributed by atoms with Crippen LogP contribution in [0.25, 0.3) is 11.5 Å². The quantitative estimate of drug-likeness (QED) is 0.735. The number of nitrogens with zero attached hydrogens (tertiary/aromatic N) is 4. The Bertz CT molecular complexity index is 764. The lowest BCUT2D eigenvalue weighted by Gasteiger charge is -2.17. The predicted octanol–water partition coefficient (Wildman–Crippen LogP) is 1.66. The highest BCUT2D eigenvalue weighted by molar-refractivity contribution is 5.75. The smallest absolute Gasteiger partial charge is 0.317 e. The third kappa shape index (κ3) is 5.25. The molecule has 2 aromatic heterocycles. The number of hydrogen-bond donors (Lipinski definition) is 1. The lowest BCUT2D eigenvalue weighted by atomic mass is 10.1. The van der Waals surface area contributed by atoms with Gasteiger partial charge < -0.3 is 19.5 Å². The molecule has 0 saturated carbocycles. The molecule has 0 aliphatic carbocycles.